The number of nitrogens with zero attached hydrogens (tertiary/aromatic N) is 1. The van der Waals surface area contributed by atoms with Gasteiger partial charge in [0.2, 0.25) is 0 Å². The van der Waals surface area contributed by atoms with Crippen LogP contribution >= 0.6 is 0 Å². The third-order valence-corrected chi connectivity index (χ3v) is 7.92. The van der Waals surface area contributed by atoms with Crippen LogP contribution in [0.3, 0.4) is 0 Å². The van der Waals surface area contributed by atoms with Crippen molar-refractivity contribution in [1.82, 2.24) is 0 Å². The largest absolute Gasteiger partial charge is 0.504 e. The number of phenolic OH excluding ortho intramolecular Hbond substituents is 1. The fourth-order valence-electron chi connectivity index (χ4n) is 5.88. The first-order chi connectivity index (χ1) is 20.8. The number of esters is 1. The molecule has 3 aromatic rings. The maximum absolute atomic E-state index is 13.9. The summed E-state index contributed by atoms with van der Waals surface area (Å²) in [6, 6.07) is 19.8. The zero-order valence-corrected chi connectivity index (χ0v) is 24.7. The molecule has 3 atom stereocenters. The van der Waals surface area contributed by atoms with Gasteiger partial charge in [0.25, 0.3) is 0 Å². The van der Waals surface area contributed by atoms with Crippen LogP contribution in [0.2, 0.25) is 0 Å². The maximum Gasteiger partial charge on any atom is 0.315 e. The first-order valence-electron chi connectivity index (χ1n) is 14.1. The molecule has 0 saturated heterocycles. The van der Waals surface area contributed by atoms with Crippen LogP contribution in [-0.4, -0.2) is 57.1 Å². The quantitative estimate of drug-likeness (QED) is 0.241. The van der Waals surface area contributed by atoms with Gasteiger partial charge in [-0.05, 0) is 66.8 Å². The molecule has 0 amide bonds. The van der Waals surface area contributed by atoms with Crippen molar-refractivity contribution in [2.75, 3.05) is 34.5 Å². The Morgan fingerprint density at radius 1 is 0.860 bits per heavy atom. The van der Waals surface area contributed by atoms with Crippen LogP contribution in [0.25, 0.3) is 0 Å². The van der Waals surface area contributed by atoms with Crippen LogP contribution < -0.4 is 18.9 Å². The molecule has 1 unspecified atom stereocenters. The van der Waals surface area contributed by atoms with Crippen LogP contribution in [0.4, 0.5) is 0 Å². The molecule has 0 saturated carbocycles. The predicted molar refractivity (Wildman–Crippen MR) is 160 cm³/mol. The van der Waals surface area contributed by atoms with E-state index in [-0.39, 0.29) is 37.1 Å². The lowest BCUT2D eigenvalue weighted by Gasteiger charge is -2.36. The Bertz CT molecular complexity index is 1560. The first kappa shape index (κ1) is 29.7. The van der Waals surface area contributed by atoms with Gasteiger partial charge in [-0.15, -0.1) is 0 Å². The van der Waals surface area contributed by atoms with Crippen LogP contribution in [-0.2, 0) is 14.3 Å². The fourth-order valence-corrected chi connectivity index (χ4v) is 5.88. The summed E-state index contributed by atoms with van der Waals surface area (Å²) in [4.78, 5) is 32.4. The van der Waals surface area contributed by atoms with Gasteiger partial charge in [0, 0.05) is 29.3 Å². The number of rotatable bonds is 10. The Hall–Kier alpha value is -4.79. The highest BCUT2D eigenvalue weighted by atomic mass is 16.6. The summed E-state index contributed by atoms with van der Waals surface area (Å²) < 4.78 is 27.4. The van der Waals surface area contributed by atoms with Gasteiger partial charge in [0.1, 0.15) is 24.9 Å². The van der Waals surface area contributed by atoms with E-state index in [0.29, 0.717) is 52.0 Å². The van der Waals surface area contributed by atoms with E-state index in [1.807, 2.05) is 48.5 Å². The van der Waals surface area contributed by atoms with E-state index in [2.05, 4.69) is 0 Å². The summed E-state index contributed by atoms with van der Waals surface area (Å²) in [6.07, 6.45) is 0.730. The minimum Gasteiger partial charge on any atom is -0.504 e. The van der Waals surface area contributed by atoms with Crippen LogP contribution in [0.5, 0.6) is 28.7 Å². The molecule has 2 aliphatic rings. The summed E-state index contributed by atoms with van der Waals surface area (Å²) in [5.74, 6) is -0.232. The lowest BCUT2D eigenvalue weighted by atomic mass is 9.69. The Morgan fingerprint density at radius 3 is 2.26 bits per heavy atom. The van der Waals surface area contributed by atoms with Gasteiger partial charge in [-0.25, -0.2) is 0 Å². The number of ether oxygens (including phenoxy) is 5. The van der Waals surface area contributed by atoms with Crippen LogP contribution in [0.15, 0.2) is 83.0 Å². The molecule has 0 aromatic heterocycles. The first-order valence-corrected chi connectivity index (χ1v) is 14.1. The number of aliphatic imine (C=N–C) groups is 1. The average molecular weight is 586 g/mol. The second kappa shape index (κ2) is 13.0. The van der Waals surface area contributed by atoms with E-state index < -0.39 is 17.8 Å². The molecule has 43 heavy (non-hydrogen) atoms. The summed E-state index contributed by atoms with van der Waals surface area (Å²) in [7, 11) is 4.61. The number of benzene rings is 3. The van der Waals surface area contributed by atoms with E-state index in [4.69, 9.17) is 28.7 Å². The summed E-state index contributed by atoms with van der Waals surface area (Å²) in [6.45, 7) is 1.98. The molecule has 0 bridgehead atoms. The van der Waals surface area contributed by atoms with Crippen molar-refractivity contribution >= 4 is 17.5 Å². The smallest absolute Gasteiger partial charge is 0.315 e. The van der Waals surface area contributed by atoms with Crippen molar-refractivity contribution in [3.63, 3.8) is 0 Å². The third kappa shape index (κ3) is 6.21. The third-order valence-electron chi connectivity index (χ3n) is 7.92. The van der Waals surface area contributed by atoms with Gasteiger partial charge in [-0.2, -0.15) is 0 Å². The van der Waals surface area contributed by atoms with Crippen molar-refractivity contribution in [2.24, 2.45) is 10.9 Å². The highest BCUT2D eigenvalue weighted by molar-refractivity contribution is 6.09. The van der Waals surface area contributed by atoms with E-state index in [0.717, 1.165) is 5.56 Å². The second-order valence-electron chi connectivity index (χ2n) is 10.5. The Balaban J connectivity index is 1.45. The van der Waals surface area contributed by atoms with Gasteiger partial charge < -0.3 is 28.8 Å². The molecule has 9 heteroatoms. The van der Waals surface area contributed by atoms with E-state index >= 15 is 0 Å². The van der Waals surface area contributed by atoms with Gasteiger partial charge in [0.15, 0.2) is 28.8 Å². The molecule has 1 N–H and O–H groups in total. The van der Waals surface area contributed by atoms with Crippen LogP contribution in [0.1, 0.15) is 42.7 Å². The topological polar surface area (TPSA) is 113 Å². The van der Waals surface area contributed by atoms with E-state index in [1.54, 1.807) is 39.3 Å². The molecule has 3 aromatic carbocycles. The normalized spacial score (nSPS) is 19.7. The summed E-state index contributed by atoms with van der Waals surface area (Å²) in [5, 5.41) is 10.6. The van der Waals surface area contributed by atoms with E-state index in [9.17, 15) is 14.7 Å². The standard InChI is InChI=1S/C34H35NO8/c1-20-31(34(38)43-15-14-42-24-8-6-5-7-9-24)32(22-11-12-28(39-2)26(36)17-22)33-25(35-20)16-23(18-27(33)37)21-10-13-29(40-3)30(19-21)41-4/h5-13,17,19,23,31-32,36H,14-16,18H2,1-4H3/t23-,31?,32-/m0/s1. The fraction of sp³-hybridized carbons (Fsp3) is 0.324. The number of carbonyl (C=O) groups excluding carboxylic acids is 2. The molecule has 1 aliphatic heterocycles. The summed E-state index contributed by atoms with van der Waals surface area (Å²) in [5.41, 5.74) is 3.16. The van der Waals surface area contributed by atoms with Crippen LogP contribution in [0, 0.1) is 5.92 Å². The molecule has 1 heterocycles. The number of para-hydroxylation sites is 1. The number of ketones is 1. The minimum absolute atomic E-state index is 0.0271. The van der Waals surface area contributed by atoms with Crippen molar-refractivity contribution in [3.8, 4) is 28.7 Å². The predicted octanol–water partition coefficient (Wildman–Crippen LogP) is 5.62. The monoisotopic (exact) mass is 585 g/mol. The lowest BCUT2D eigenvalue weighted by Crippen LogP contribution is -2.38. The lowest BCUT2D eigenvalue weighted by molar-refractivity contribution is -0.147. The molecule has 5 rings (SSSR count). The maximum atomic E-state index is 13.9. The number of phenols is 1. The second-order valence-corrected chi connectivity index (χ2v) is 10.5. The summed E-state index contributed by atoms with van der Waals surface area (Å²) >= 11 is 0. The zero-order chi connectivity index (χ0) is 30.5. The Morgan fingerprint density at radius 2 is 1.56 bits per heavy atom. The highest BCUT2D eigenvalue weighted by Gasteiger charge is 2.45. The van der Waals surface area contributed by atoms with Gasteiger partial charge in [0.05, 0.1) is 21.3 Å². The molecule has 0 spiro atoms. The minimum atomic E-state index is -0.857. The van der Waals surface area contributed by atoms with E-state index in [1.165, 1.54) is 7.11 Å². The molecule has 0 radical (unpaired) electrons. The molecular formula is C34H35NO8. The number of allylic oxidation sites excluding steroid dienone is 2. The number of hydrogen-bond acceptors (Lipinski definition) is 9. The highest BCUT2D eigenvalue weighted by Crippen LogP contribution is 2.48. The molecular weight excluding hydrogens is 550 g/mol. The zero-order valence-electron chi connectivity index (χ0n) is 24.7. The SMILES string of the molecule is COc1ccc([C@@H]2C3=C(C[C@H](c4ccc(OC)c(OC)c4)CC3=O)N=C(C)C2C(=O)OCCOc2ccccc2)cc1O. The number of methoxy groups -OCH3 is 3. The Labute approximate surface area is 250 Å². The van der Waals surface area contributed by atoms with Gasteiger partial charge in [-0.1, -0.05) is 30.3 Å². The number of carbonyl (C=O) groups is 2. The van der Waals surface area contributed by atoms with Crippen molar-refractivity contribution in [3.05, 3.63) is 89.1 Å². The average Bonchev–Trinajstić information content (AvgIpc) is 3.02. The van der Waals surface area contributed by atoms with Crippen molar-refractivity contribution in [2.45, 2.75) is 31.6 Å². The Kier molecular flexibility index (Phi) is 8.99. The van der Waals surface area contributed by atoms with Gasteiger partial charge in [-0.3, -0.25) is 14.6 Å². The molecule has 0 fully saturated rings. The van der Waals surface area contributed by atoms with Crippen molar-refractivity contribution < 1.29 is 38.4 Å². The van der Waals surface area contributed by atoms with Crippen molar-refractivity contribution in [1.29, 1.82) is 0 Å². The molecule has 224 valence electrons. The molecule has 9 nitrogen and oxygen atoms in total. The van der Waals surface area contributed by atoms with Gasteiger partial charge >= 0.3 is 5.97 Å². The molecule has 1 aliphatic carbocycles. The number of hydrogen-bond donors (Lipinski definition) is 1. The number of Topliss-reactive ketones (excluding diaryl/α,β-unsaturated/α-hetero) is 1. The number of aromatic hydroxyl groups is 1.